The third-order valence-corrected chi connectivity index (χ3v) is 0.852. The minimum atomic E-state index is -0.715. The first-order valence-electron chi connectivity index (χ1n) is 2.73. The summed E-state index contributed by atoms with van der Waals surface area (Å²) in [7, 11) is 0. The first-order valence-corrected chi connectivity index (χ1v) is 2.73. The number of carbonyl (C=O) groups excluding carboxylic acids is 1. The van der Waals surface area contributed by atoms with Crippen molar-refractivity contribution in [2.45, 2.75) is 13.3 Å². The van der Waals surface area contributed by atoms with Crippen molar-refractivity contribution in [3.63, 3.8) is 0 Å². The molecule has 0 spiro atoms. The molecule has 0 fully saturated rings. The summed E-state index contributed by atoms with van der Waals surface area (Å²) in [4.78, 5) is 10.4. The van der Waals surface area contributed by atoms with Crippen LogP contribution in [0.2, 0.25) is 0 Å². The van der Waals surface area contributed by atoms with Gasteiger partial charge in [0.15, 0.2) is 11.6 Å². The first kappa shape index (κ1) is 8.08. The number of carbonyl (C=O) groups is 1. The molecule has 0 aromatic rings. The van der Waals surface area contributed by atoms with Gasteiger partial charge >= 0.3 is 0 Å². The minimum absolute atomic E-state index is 0.205. The zero-order chi connectivity index (χ0) is 7.28. The van der Waals surface area contributed by atoms with Gasteiger partial charge in [-0.15, -0.1) is 0 Å². The van der Waals surface area contributed by atoms with Gasteiger partial charge in [-0.3, -0.25) is 4.79 Å². The van der Waals surface area contributed by atoms with Crippen LogP contribution in [0.15, 0.2) is 24.6 Å². The molecule has 0 rings (SSSR count). The van der Waals surface area contributed by atoms with Crippen molar-refractivity contribution < 1.29 is 9.18 Å². The molecule has 0 aliphatic heterocycles. The van der Waals surface area contributed by atoms with E-state index in [-0.39, 0.29) is 6.42 Å². The SMILES string of the molecule is C=C/C=C(/F)C(=O)CC. The zero-order valence-corrected chi connectivity index (χ0v) is 5.36. The normalized spacial score (nSPS) is 11.1. The summed E-state index contributed by atoms with van der Waals surface area (Å²) >= 11 is 0. The fourth-order valence-corrected chi connectivity index (χ4v) is 0.365. The second-order valence-corrected chi connectivity index (χ2v) is 1.53. The lowest BCUT2D eigenvalue weighted by atomic mass is 10.2. The van der Waals surface area contributed by atoms with E-state index in [0.717, 1.165) is 6.08 Å². The number of halogens is 1. The van der Waals surface area contributed by atoms with Crippen molar-refractivity contribution in [1.29, 1.82) is 0 Å². The molecule has 0 saturated carbocycles. The molecule has 0 radical (unpaired) electrons. The number of rotatable bonds is 3. The molecule has 0 N–H and O–H groups in total. The van der Waals surface area contributed by atoms with Gasteiger partial charge in [0.2, 0.25) is 0 Å². The molecule has 0 bridgehead atoms. The van der Waals surface area contributed by atoms with Gasteiger partial charge in [-0.25, -0.2) is 4.39 Å². The standard InChI is InChI=1S/C7H9FO/c1-3-5-6(8)7(9)4-2/h3,5H,1,4H2,2H3/b6-5+. The van der Waals surface area contributed by atoms with Crippen LogP contribution in [0.1, 0.15) is 13.3 Å². The van der Waals surface area contributed by atoms with Crippen LogP contribution in [-0.4, -0.2) is 5.78 Å². The van der Waals surface area contributed by atoms with Gasteiger partial charge in [0, 0.05) is 6.42 Å². The van der Waals surface area contributed by atoms with Gasteiger partial charge in [-0.2, -0.15) is 0 Å². The second kappa shape index (κ2) is 4.01. The van der Waals surface area contributed by atoms with E-state index in [1.54, 1.807) is 6.92 Å². The summed E-state index contributed by atoms with van der Waals surface area (Å²) < 4.78 is 12.2. The summed E-state index contributed by atoms with van der Waals surface area (Å²) in [6, 6.07) is 0. The molecular formula is C7H9FO. The Morgan fingerprint density at radius 3 is 2.67 bits per heavy atom. The molecule has 9 heavy (non-hydrogen) atoms. The lowest BCUT2D eigenvalue weighted by Crippen LogP contribution is -1.93. The second-order valence-electron chi connectivity index (χ2n) is 1.53. The Morgan fingerprint density at radius 2 is 2.33 bits per heavy atom. The Morgan fingerprint density at radius 1 is 1.78 bits per heavy atom. The van der Waals surface area contributed by atoms with Crippen molar-refractivity contribution in [1.82, 2.24) is 0 Å². The van der Waals surface area contributed by atoms with E-state index in [1.165, 1.54) is 6.08 Å². The summed E-state index contributed by atoms with van der Waals surface area (Å²) in [6.45, 7) is 4.86. The van der Waals surface area contributed by atoms with Crippen molar-refractivity contribution in [3.05, 3.63) is 24.6 Å². The third kappa shape index (κ3) is 2.80. The summed E-state index contributed by atoms with van der Waals surface area (Å²) in [5.74, 6) is -1.19. The van der Waals surface area contributed by atoms with E-state index in [2.05, 4.69) is 6.58 Å². The van der Waals surface area contributed by atoms with Gasteiger partial charge in [-0.1, -0.05) is 19.6 Å². The molecule has 0 unspecified atom stereocenters. The van der Waals surface area contributed by atoms with E-state index in [9.17, 15) is 9.18 Å². The number of hydrogen-bond acceptors (Lipinski definition) is 1. The molecule has 0 atom stereocenters. The van der Waals surface area contributed by atoms with Crippen molar-refractivity contribution >= 4 is 5.78 Å². The van der Waals surface area contributed by atoms with Crippen LogP contribution in [0.5, 0.6) is 0 Å². The molecule has 0 aliphatic carbocycles. The molecule has 1 nitrogen and oxygen atoms in total. The molecule has 0 amide bonds. The molecular weight excluding hydrogens is 119 g/mol. The highest BCUT2D eigenvalue weighted by Gasteiger charge is 2.01. The van der Waals surface area contributed by atoms with Gasteiger partial charge in [0.1, 0.15) is 0 Å². The zero-order valence-electron chi connectivity index (χ0n) is 5.36. The van der Waals surface area contributed by atoms with E-state index in [4.69, 9.17) is 0 Å². The molecule has 0 aliphatic rings. The van der Waals surface area contributed by atoms with Crippen LogP contribution >= 0.6 is 0 Å². The number of hydrogen-bond donors (Lipinski definition) is 0. The predicted octanol–water partition coefficient (Wildman–Crippen LogP) is 2.00. The molecule has 0 aromatic carbocycles. The highest BCUT2D eigenvalue weighted by Crippen LogP contribution is 2.00. The number of Topliss-reactive ketones (excluding diaryl/α,β-unsaturated/α-hetero) is 1. The molecule has 0 aromatic heterocycles. The van der Waals surface area contributed by atoms with Crippen LogP contribution in [0, 0.1) is 0 Å². The maximum absolute atomic E-state index is 12.2. The van der Waals surface area contributed by atoms with Crippen molar-refractivity contribution in [3.8, 4) is 0 Å². The van der Waals surface area contributed by atoms with Crippen LogP contribution in [-0.2, 0) is 4.79 Å². The van der Waals surface area contributed by atoms with Gasteiger partial charge in [-0.05, 0) is 6.08 Å². The van der Waals surface area contributed by atoms with E-state index in [1.807, 2.05) is 0 Å². The third-order valence-electron chi connectivity index (χ3n) is 0.852. The minimum Gasteiger partial charge on any atom is -0.292 e. The Kier molecular flexibility index (Phi) is 3.60. The van der Waals surface area contributed by atoms with Crippen LogP contribution in [0.3, 0.4) is 0 Å². The van der Waals surface area contributed by atoms with Crippen LogP contribution in [0.4, 0.5) is 4.39 Å². The Hall–Kier alpha value is -0.920. The maximum atomic E-state index is 12.2. The Labute approximate surface area is 53.9 Å². The summed E-state index contributed by atoms with van der Waals surface area (Å²) in [5, 5.41) is 0. The Balaban J connectivity index is 4.01. The summed E-state index contributed by atoms with van der Waals surface area (Å²) in [6.07, 6.45) is 2.52. The van der Waals surface area contributed by atoms with Crippen LogP contribution in [0.25, 0.3) is 0 Å². The fourth-order valence-electron chi connectivity index (χ4n) is 0.365. The Bertz CT molecular complexity index is 147. The van der Waals surface area contributed by atoms with E-state index < -0.39 is 11.6 Å². The average Bonchev–Trinajstić information content (AvgIpc) is 1.87. The predicted molar refractivity (Wildman–Crippen MR) is 34.7 cm³/mol. The molecule has 0 heterocycles. The smallest absolute Gasteiger partial charge is 0.190 e. The van der Waals surface area contributed by atoms with E-state index in [0.29, 0.717) is 0 Å². The molecule has 50 valence electrons. The van der Waals surface area contributed by atoms with Crippen molar-refractivity contribution in [2.24, 2.45) is 0 Å². The average molecular weight is 128 g/mol. The van der Waals surface area contributed by atoms with Gasteiger partial charge in [0.25, 0.3) is 0 Å². The lowest BCUT2D eigenvalue weighted by molar-refractivity contribution is -0.116. The van der Waals surface area contributed by atoms with Gasteiger partial charge < -0.3 is 0 Å². The van der Waals surface area contributed by atoms with E-state index >= 15 is 0 Å². The maximum Gasteiger partial charge on any atom is 0.190 e. The largest absolute Gasteiger partial charge is 0.292 e. The molecule has 2 heteroatoms. The topological polar surface area (TPSA) is 17.1 Å². The van der Waals surface area contributed by atoms with Gasteiger partial charge in [0.05, 0.1) is 0 Å². The van der Waals surface area contributed by atoms with Crippen LogP contribution < -0.4 is 0 Å². The lowest BCUT2D eigenvalue weighted by Gasteiger charge is -1.87. The highest BCUT2D eigenvalue weighted by atomic mass is 19.1. The number of ketones is 1. The fraction of sp³-hybridized carbons (Fsp3) is 0.286. The van der Waals surface area contributed by atoms with Crippen molar-refractivity contribution in [2.75, 3.05) is 0 Å². The molecule has 0 saturated heterocycles. The monoisotopic (exact) mass is 128 g/mol. The summed E-state index contributed by atoms with van der Waals surface area (Å²) in [5.41, 5.74) is 0. The first-order chi connectivity index (χ1) is 4.22. The highest BCUT2D eigenvalue weighted by molar-refractivity contribution is 5.93. The quantitative estimate of drug-likeness (QED) is 0.419. The number of allylic oxidation sites excluding steroid dienone is 3.